The van der Waals surface area contributed by atoms with Crippen LogP contribution in [0.3, 0.4) is 0 Å². The van der Waals surface area contributed by atoms with E-state index in [1.54, 1.807) is 12.1 Å². The molecule has 0 aliphatic rings. The highest BCUT2D eigenvalue weighted by atomic mass is 16.3. The van der Waals surface area contributed by atoms with Gasteiger partial charge in [-0.1, -0.05) is 32.0 Å². The van der Waals surface area contributed by atoms with Crippen LogP contribution in [-0.4, -0.2) is 25.0 Å². The predicted octanol–water partition coefficient (Wildman–Crippen LogP) is 2.56. The Morgan fingerprint density at radius 3 is 2.46 bits per heavy atom. The molecule has 0 saturated heterocycles. The summed E-state index contributed by atoms with van der Waals surface area (Å²) in [6.07, 6.45) is 3.30. The van der Waals surface area contributed by atoms with Gasteiger partial charge in [0.25, 0.3) is 5.91 Å². The summed E-state index contributed by atoms with van der Waals surface area (Å²) in [5.41, 5.74) is 9.42. The average Bonchev–Trinajstić information content (AvgIpc) is 3.13. The van der Waals surface area contributed by atoms with E-state index in [9.17, 15) is 4.79 Å². The van der Waals surface area contributed by atoms with Crippen molar-refractivity contribution in [2.45, 2.75) is 26.7 Å². The molecule has 0 fully saturated rings. The average molecular weight is 328 g/mol. The molecule has 0 saturated carbocycles. The number of nitrogens with two attached hydrogens (primary N) is 1. The molecule has 1 heterocycles. The van der Waals surface area contributed by atoms with Gasteiger partial charge in [0.15, 0.2) is 11.7 Å². The summed E-state index contributed by atoms with van der Waals surface area (Å²) >= 11 is 0. The third-order valence-electron chi connectivity index (χ3n) is 3.68. The van der Waals surface area contributed by atoms with Crippen molar-refractivity contribution < 1.29 is 9.21 Å². The fourth-order valence-corrected chi connectivity index (χ4v) is 2.41. The third kappa shape index (κ3) is 4.62. The summed E-state index contributed by atoms with van der Waals surface area (Å²) in [5.74, 6) is 0.374. The molecule has 0 spiro atoms. The number of aliphatic imine (C=N–C) groups is 1. The lowest BCUT2D eigenvalue weighted by Crippen LogP contribution is -2.28. The maximum Gasteiger partial charge on any atom is 0.287 e. The highest BCUT2D eigenvalue weighted by Crippen LogP contribution is 2.22. The normalized spacial score (nSPS) is 11.3. The maximum absolute atomic E-state index is 11.7. The number of rotatable bonds is 7. The number of amides is 1. The Balaban J connectivity index is 1.89. The van der Waals surface area contributed by atoms with Crippen LogP contribution in [0, 0.1) is 0 Å². The molecule has 0 unspecified atom stereocenters. The van der Waals surface area contributed by atoms with E-state index >= 15 is 0 Å². The lowest BCUT2D eigenvalue weighted by Gasteiger charge is -2.14. The second kappa shape index (κ2) is 8.76. The number of para-hydroxylation sites is 1. The van der Waals surface area contributed by atoms with Crippen LogP contribution in [0.5, 0.6) is 0 Å². The largest absolute Gasteiger partial charge is 0.459 e. The first-order chi connectivity index (χ1) is 11.7. The Labute approximate surface area is 142 Å². The minimum absolute atomic E-state index is 0.258. The molecule has 0 radical (unpaired) electrons. The van der Waals surface area contributed by atoms with Crippen LogP contribution in [0.15, 0.2) is 46.0 Å². The van der Waals surface area contributed by atoms with E-state index in [1.165, 1.54) is 17.4 Å². The summed E-state index contributed by atoms with van der Waals surface area (Å²) in [6.45, 7) is 4.99. The molecular weight excluding hydrogens is 304 g/mol. The van der Waals surface area contributed by atoms with Gasteiger partial charge in [-0.15, -0.1) is 0 Å². The van der Waals surface area contributed by atoms with Gasteiger partial charge in [0.1, 0.15) is 0 Å². The van der Waals surface area contributed by atoms with Crippen molar-refractivity contribution in [3.05, 3.63) is 53.5 Å². The highest BCUT2D eigenvalue weighted by Gasteiger charge is 2.08. The summed E-state index contributed by atoms with van der Waals surface area (Å²) in [7, 11) is 0. The van der Waals surface area contributed by atoms with E-state index in [4.69, 9.17) is 10.2 Å². The maximum atomic E-state index is 11.7. The van der Waals surface area contributed by atoms with Crippen molar-refractivity contribution in [2.75, 3.05) is 18.4 Å². The Kier molecular flexibility index (Phi) is 6.42. The Morgan fingerprint density at radius 1 is 1.17 bits per heavy atom. The molecule has 1 aromatic carbocycles. The van der Waals surface area contributed by atoms with E-state index in [0.717, 1.165) is 18.5 Å². The molecule has 4 N–H and O–H groups in total. The molecule has 1 aromatic heterocycles. The van der Waals surface area contributed by atoms with Crippen LogP contribution in [0.1, 0.15) is 35.5 Å². The van der Waals surface area contributed by atoms with Gasteiger partial charge in [0.2, 0.25) is 0 Å². The molecule has 2 rings (SSSR count). The van der Waals surface area contributed by atoms with E-state index in [1.807, 2.05) is 0 Å². The minimum atomic E-state index is -0.258. The second-order valence-corrected chi connectivity index (χ2v) is 5.28. The fraction of sp³-hybridized carbons (Fsp3) is 0.333. The number of benzene rings is 1. The van der Waals surface area contributed by atoms with Gasteiger partial charge >= 0.3 is 0 Å². The number of carbonyl (C=O) groups is 1. The first-order valence-electron chi connectivity index (χ1n) is 8.15. The minimum Gasteiger partial charge on any atom is -0.459 e. The molecule has 0 bridgehead atoms. The number of hydrogen-bond donors (Lipinski definition) is 3. The zero-order valence-corrected chi connectivity index (χ0v) is 14.1. The first-order valence-corrected chi connectivity index (χ1v) is 8.15. The number of furan rings is 1. The lowest BCUT2D eigenvalue weighted by atomic mass is 10.0. The molecule has 6 heteroatoms. The van der Waals surface area contributed by atoms with Crippen LogP contribution in [0.4, 0.5) is 5.69 Å². The molecule has 1 amide bonds. The molecule has 6 nitrogen and oxygen atoms in total. The quantitative estimate of drug-likeness (QED) is 0.414. The molecule has 0 aliphatic carbocycles. The van der Waals surface area contributed by atoms with Gasteiger partial charge in [-0.2, -0.15) is 0 Å². The van der Waals surface area contributed by atoms with Crippen molar-refractivity contribution in [2.24, 2.45) is 10.7 Å². The molecule has 2 aromatic rings. The predicted molar refractivity (Wildman–Crippen MR) is 96.4 cm³/mol. The number of carbonyl (C=O) groups excluding carboxylic acids is 1. The number of anilines is 1. The van der Waals surface area contributed by atoms with Crippen molar-refractivity contribution >= 4 is 17.6 Å². The van der Waals surface area contributed by atoms with Crippen molar-refractivity contribution in [3.63, 3.8) is 0 Å². The van der Waals surface area contributed by atoms with E-state index < -0.39 is 0 Å². The molecule has 0 aliphatic heterocycles. The molecule has 128 valence electrons. The molecular formula is C18H24N4O2. The number of nitrogens with zero attached hydrogens (tertiary/aromatic N) is 1. The summed E-state index contributed by atoms with van der Waals surface area (Å²) in [5, 5.41) is 5.92. The zero-order valence-electron chi connectivity index (χ0n) is 14.1. The van der Waals surface area contributed by atoms with Crippen LogP contribution in [0.25, 0.3) is 0 Å². The molecule has 0 atom stereocenters. The molecule has 24 heavy (non-hydrogen) atoms. The van der Waals surface area contributed by atoms with Gasteiger partial charge in [-0.05, 0) is 36.1 Å². The lowest BCUT2D eigenvalue weighted by molar-refractivity contribution is 0.0927. The van der Waals surface area contributed by atoms with Gasteiger partial charge in [-0.25, -0.2) is 0 Å². The third-order valence-corrected chi connectivity index (χ3v) is 3.68. The highest BCUT2D eigenvalue weighted by molar-refractivity contribution is 5.94. The summed E-state index contributed by atoms with van der Waals surface area (Å²) < 4.78 is 5.02. The SMILES string of the molecule is CCc1cccc(CC)c1NC(N)=NCCNC(=O)c1ccco1. The Morgan fingerprint density at radius 2 is 1.88 bits per heavy atom. The van der Waals surface area contributed by atoms with E-state index in [-0.39, 0.29) is 11.7 Å². The van der Waals surface area contributed by atoms with Crippen LogP contribution in [-0.2, 0) is 12.8 Å². The summed E-state index contributed by atoms with van der Waals surface area (Å²) in [6, 6.07) is 9.50. The number of nitrogens with one attached hydrogen (secondary N) is 2. The number of guanidine groups is 1. The summed E-state index contributed by atoms with van der Waals surface area (Å²) in [4.78, 5) is 16.0. The van der Waals surface area contributed by atoms with Crippen LogP contribution in [0.2, 0.25) is 0 Å². The van der Waals surface area contributed by atoms with Crippen LogP contribution < -0.4 is 16.4 Å². The number of hydrogen-bond acceptors (Lipinski definition) is 3. The topological polar surface area (TPSA) is 92.6 Å². The van der Waals surface area contributed by atoms with Gasteiger partial charge in [0.05, 0.1) is 12.8 Å². The smallest absolute Gasteiger partial charge is 0.287 e. The van der Waals surface area contributed by atoms with Crippen molar-refractivity contribution in [1.82, 2.24) is 5.32 Å². The monoisotopic (exact) mass is 328 g/mol. The second-order valence-electron chi connectivity index (χ2n) is 5.28. The Bertz CT molecular complexity index is 671. The van der Waals surface area contributed by atoms with Gasteiger partial charge in [-0.3, -0.25) is 9.79 Å². The zero-order chi connectivity index (χ0) is 17.4. The first kappa shape index (κ1) is 17.6. The standard InChI is InChI=1S/C18H24N4O2/c1-3-13-7-5-8-14(4-2)16(13)22-18(19)21-11-10-20-17(23)15-9-6-12-24-15/h5-9,12H,3-4,10-11H2,1-2H3,(H,20,23)(H3,19,21,22). The fourth-order valence-electron chi connectivity index (χ4n) is 2.41. The number of aryl methyl sites for hydroxylation is 2. The van der Waals surface area contributed by atoms with Crippen molar-refractivity contribution in [1.29, 1.82) is 0 Å². The van der Waals surface area contributed by atoms with E-state index in [0.29, 0.717) is 19.0 Å². The van der Waals surface area contributed by atoms with Crippen molar-refractivity contribution in [3.8, 4) is 0 Å². The Hall–Kier alpha value is -2.76. The van der Waals surface area contributed by atoms with E-state index in [2.05, 4.69) is 47.7 Å². The van der Waals surface area contributed by atoms with Gasteiger partial charge in [0, 0.05) is 12.2 Å². The van der Waals surface area contributed by atoms with Gasteiger partial charge < -0.3 is 20.8 Å². The van der Waals surface area contributed by atoms with Crippen LogP contribution >= 0.6 is 0 Å².